The topological polar surface area (TPSA) is 70.2 Å². The highest BCUT2D eigenvalue weighted by atomic mass is 16.3. The second-order valence-corrected chi connectivity index (χ2v) is 4.83. The minimum absolute atomic E-state index is 0.315. The SMILES string of the molecule is CCc1cc(CC)c2c(=O)cc(O)c(=O)[nH]c2c1CC. The van der Waals surface area contributed by atoms with Gasteiger partial charge in [0.05, 0.1) is 5.52 Å². The highest BCUT2D eigenvalue weighted by molar-refractivity contribution is 5.86. The average molecular weight is 273 g/mol. The van der Waals surface area contributed by atoms with E-state index in [1.54, 1.807) is 0 Å². The van der Waals surface area contributed by atoms with Crippen molar-refractivity contribution in [2.24, 2.45) is 0 Å². The Bertz CT molecular complexity index is 775. The van der Waals surface area contributed by atoms with Crippen LogP contribution in [-0.4, -0.2) is 10.1 Å². The van der Waals surface area contributed by atoms with Crippen LogP contribution in [-0.2, 0) is 19.3 Å². The van der Waals surface area contributed by atoms with E-state index in [0.29, 0.717) is 17.3 Å². The Morgan fingerprint density at radius 2 is 1.65 bits per heavy atom. The van der Waals surface area contributed by atoms with Gasteiger partial charge in [-0.3, -0.25) is 9.59 Å². The molecular formula is C16H19NO3. The van der Waals surface area contributed by atoms with Crippen molar-refractivity contribution in [3.05, 3.63) is 49.4 Å². The Kier molecular flexibility index (Phi) is 3.93. The van der Waals surface area contributed by atoms with Crippen molar-refractivity contribution in [1.29, 1.82) is 0 Å². The molecule has 0 aliphatic heterocycles. The standard InChI is InChI=1S/C16H19NO3/c1-4-9-7-10(5-2)14-12(18)8-13(19)16(20)17-15(14)11(9)6-3/h7-8,19H,4-6H2,1-3H3,(H,17,20). The third-order valence-electron chi connectivity index (χ3n) is 3.71. The lowest BCUT2D eigenvalue weighted by Gasteiger charge is -2.11. The quantitative estimate of drug-likeness (QED) is 0.901. The second-order valence-electron chi connectivity index (χ2n) is 4.83. The molecule has 106 valence electrons. The van der Waals surface area contributed by atoms with Crippen LogP contribution in [0.3, 0.4) is 0 Å². The van der Waals surface area contributed by atoms with Gasteiger partial charge in [0.1, 0.15) is 0 Å². The Balaban J connectivity index is 3.16. The van der Waals surface area contributed by atoms with Crippen molar-refractivity contribution in [3.8, 4) is 5.75 Å². The van der Waals surface area contributed by atoms with Crippen LogP contribution in [0.15, 0.2) is 21.7 Å². The second kappa shape index (κ2) is 5.49. The third-order valence-corrected chi connectivity index (χ3v) is 3.71. The zero-order chi connectivity index (χ0) is 14.9. The maximum atomic E-state index is 12.3. The number of aryl methyl sites for hydroxylation is 3. The summed E-state index contributed by atoms with van der Waals surface area (Å²) in [6.07, 6.45) is 2.27. The van der Waals surface area contributed by atoms with E-state index in [0.717, 1.165) is 35.6 Å². The predicted octanol–water partition coefficient (Wildman–Crippen LogP) is 2.28. The maximum absolute atomic E-state index is 12.3. The molecule has 4 nitrogen and oxygen atoms in total. The van der Waals surface area contributed by atoms with Crippen LogP contribution in [0.4, 0.5) is 0 Å². The van der Waals surface area contributed by atoms with Gasteiger partial charge in [0.2, 0.25) is 0 Å². The molecule has 20 heavy (non-hydrogen) atoms. The molecular weight excluding hydrogens is 254 g/mol. The van der Waals surface area contributed by atoms with Gasteiger partial charge in [-0.25, -0.2) is 0 Å². The van der Waals surface area contributed by atoms with E-state index in [4.69, 9.17) is 0 Å². The van der Waals surface area contributed by atoms with Crippen molar-refractivity contribution in [1.82, 2.24) is 4.98 Å². The Morgan fingerprint density at radius 3 is 2.20 bits per heavy atom. The van der Waals surface area contributed by atoms with E-state index in [2.05, 4.69) is 11.9 Å². The fraction of sp³-hybridized carbons (Fsp3) is 0.375. The van der Waals surface area contributed by atoms with Crippen LogP contribution in [0.2, 0.25) is 0 Å². The number of nitrogens with one attached hydrogen (secondary N) is 1. The molecule has 0 fully saturated rings. The number of benzene rings is 1. The van der Waals surface area contributed by atoms with Gasteiger partial charge in [-0.1, -0.05) is 26.8 Å². The van der Waals surface area contributed by atoms with E-state index in [9.17, 15) is 14.7 Å². The molecule has 0 saturated carbocycles. The van der Waals surface area contributed by atoms with Crippen molar-refractivity contribution in [3.63, 3.8) is 0 Å². The van der Waals surface area contributed by atoms with Crippen LogP contribution >= 0.6 is 0 Å². The Hall–Kier alpha value is -2.10. The van der Waals surface area contributed by atoms with Crippen LogP contribution < -0.4 is 11.0 Å². The number of aromatic nitrogens is 1. The van der Waals surface area contributed by atoms with Gasteiger partial charge < -0.3 is 10.1 Å². The fourth-order valence-electron chi connectivity index (χ4n) is 2.70. The fourth-order valence-corrected chi connectivity index (χ4v) is 2.70. The number of aromatic hydroxyl groups is 1. The molecule has 0 unspecified atom stereocenters. The monoisotopic (exact) mass is 273 g/mol. The maximum Gasteiger partial charge on any atom is 0.290 e. The molecule has 0 saturated heterocycles. The van der Waals surface area contributed by atoms with Crippen LogP contribution in [0.5, 0.6) is 5.75 Å². The average Bonchev–Trinajstić information content (AvgIpc) is 2.55. The van der Waals surface area contributed by atoms with Crippen molar-refractivity contribution < 1.29 is 5.11 Å². The summed E-state index contributed by atoms with van der Waals surface area (Å²) in [6.45, 7) is 6.02. The van der Waals surface area contributed by atoms with Crippen molar-refractivity contribution >= 4 is 10.9 Å². The van der Waals surface area contributed by atoms with Gasteiger partial charge in [-0.15, -0.1) is 0 Å². The molecule has 1 aromatic carbocycles. The van der Waals surface area contributed by atoms with Crippen LogP contribution in [0.1, 0.15) is 37.5 Å². The van der Waals surface area contributed by atoms with Crippen LogP contribution in [0.25, 0.3) is 10.9 Å². The smallest absolute Gasteiger partial charge is 0.290 e. The largest absolute Gasteiger partial charge is 0.503 e. The summed E-state index contributed by atoms with van der Waals surface area (Å²) in [5, 5.41) is 10.1. The van der Waals surface area contributed by atoms with Gasteiger partial charge in [0.25, 0.3) is 5.56 Å². The first-order chi connectivity index (χ1) is 9.53. The summed E-state index contributed by atoms with van der Waals surface area (Å²) >= 11 is 0. The Labute approximate surface area is 117 Å². The molecule has 2 rings (SSSR count). The lowest BCUT2D eigenvalue weighted by atomic mass is 9.94. The summed E-state index contributed by atoms with van der Waals surface area (Å²) in [5.74, 6) is -0.534. The zero-order valence-electron chi connectivity index (χ0n) is 12.0. The number of hydrogen-bond acceptors (Lipinski definition) is 3. The van der Waals surface area contributed by atoms with Crippen LogP contribution in [0, 0.1) is 0 Å². The van der Waals surface area contributed by atoms with Gasteiger partial charge in [-0.05, 0) is 36.0 Å². The van der Waals surface area contributed by atoms with E-state index in [-0.39, 0.29) is 5.43 Å². The first-order valence-electron chi connectivity index (χ1n) is 6.97. The van der Waals surface area contributed by atoms with E-state index >= 15 is 0 Å². The molecule has 2 N–H and O–H groups in total. The summed E-state index contributed by atoms with van der Waals surface area (Å²) in [5.41, 5.74) is 2.65. The molecule has 0 amide bonds. The first-order valence-corrected chi connectivity index (χ1v) is 6.97. The first kappa shape index (κ1) is 14.3. The minimum Gasteiger partial charge on any atom is -0.503 e. The number of fused-ring (bicyclic) bond motifs is 1. The summed E-state index contributed by atoms with van der Waals surface area (Å²) in [4.78, 5) is 26.8. The molecule has 1 heterocycles. The van der Waals surface area contributed by atoms with Gasteiger partial charge in [0.15, 0.2) is 11.2 Å². The summed E-state index contributed by atoms with van der Waals surface area (Å²) < 4.78 is 0. The lowest BCUT2D eigenvalue weighted by molar-refractivity contribution is 0.468. The normalized spacial score (nSPS) is 10.9. The number of H-pyrrole nitrogens is 1. The molecule has 1 aromatic heterocycles. The molecule has 0 radical (unpaired) electrons. The highest BCUT2D eigenvalue weighted by Crippen LogP contribution is 2.23. The number of rotatable bonds is 3. The van der Waals surface area contributed by atoms with E-state index < -0.39 is 11.3 Å². The zero-order valence-corrected chi connectivity index (χ0v) is 12.0. The minimum atomic E-state index is -0.623. The molecule has 0 aliphatic rings. The van der Waals surface area contributed by atoms with Crippen molar-refractivity contribution in [2.75, 3.05) is 0 Å². The molecule has 0 bridgehead atoms. The van der Waals surface area contributed by atoms with Gasteiger partial charge in [-0.2, -0.15) is 0 Å². The predicted molar refractivity (Wildman–Crippen MR) is 80.6 cm³/mol. The van der Waals surface area contributed by atoms with E-state index in [1.807, 2.05) is 19.9 Å². The lowest BCUT2D eigenvalue weighted by Crippen LogP contribution is -2.06. The molecule has 4 heteroatoms. The Morgan fingerprint density at radius 1 is 1.00 bits per heavy atom. The summed E-state index contributed by atoms with van der Waals surface area (Å²) in [7, 11) is 0. The third kappa shape index (κ3) is 2.22. The van der Waals surface area contributed by atoms with Gasteiger partial charge >= 0.3 is 0 Å². The van der Waals surface area contributed by atoms with Gasteiger partial charge in [0, 0.05) is 11.5 Å². The molecule has 0 spiro atoms. The summed E-state index contributed by atoms with van der Waals surface area (Å²) in [6, 6.07) is 3.04. The number of aromatic amines is 1. The highest BCUT2D eigenvalue weighted by Gasteiger charge is 2.13. The van der Waals surface area contributed by atoms with E-state index in [1.165, 1.54) is 0 Å². The molecule has 2 aromatic rings. The molecule has 0 aliphatic carbocycles. The number of hydrogen-bond donors (Lipinski definition) is 2. The van der Waals surface area contributed by atoms with Crippen molar-refractivity contribution in [2.45, 2.75) is 40.0 Å². The molecule has 0 atom stereocenters.